The monoisotopic (exact) mass is 348 g/mol. The average Bonchev–Trinajstić information content (AvgIpc) is 2.98. The quantitative estimate of drug-likeness (QED) is 0.662. The maximum Gasteiger partial charge on any atom is 0.237 e. The van der Waals surface area contributed by atoms with Gasteiger partial charge in [-0.15, -0.1) is 0 Å². The molecule has 7 heteroatoms. The number of rotatable bonds is 3. The molecule has 0 spiro atoms. The van der Waals surface area contributed by atoms with E-state index in [0.29, 0.717) is 6.07 Å². The summed E-state index contributed by atoms with van der Waals surface area (Å²) in [7, 11) is 0. The lowest BCUT2D eigenvalue weighted by atomic mass is 9.87. The van der Waals surface area contributed by atoms with Crippen LogP contribution in [0.5, 0.6) is 0 Å². The van der Waals surface area contributed by atoms with E-state index in [-0.39, 0.29) is 6.54 Å². The van der Waals surface area contributed by atoms with Crippen molar-refractivity contribution in [1.29, 1.82) is 0 Å². The van der Waals surface area contributed by atoms with E-state index in [4.69, 9.17) is 0 Å². The highest BCUT2D eigenvalue weighted by molar-refractivity contribution is 6.08. The molecule has 2 atom stereocenters. The lowest BCUT2D eigenvalue weighted by molar-refractivity contribution is -0.130. The van der Waals surface area contributed by atoms with Crippen LogP contribution in [-0.2, 0) is 9.59 Å². The normalized spacial score (nSPS) is 19.6. The Labute approximate surface area is 142 Å². The van der Waals surface area contributed by atoms with Gasteiger partial charge in [0.2, 0.25) is 11.8 Å². The maximum absolute atomic E-state index is 13.7. The van der Waals surface area contributed by atoms with Crippen LogP contribution in [0.3, 0.4) is 0 Å². The van der Waals surface area contributed by atoms with Crippen molar-refractivity contribution >= 4 is 17.5 Å². The van der Waals surface area contributed by atoms with Crippen LogP contribution >= 0.6 is 0 Å². The summed E-state index contributed by atoms with van der Waals surface area (Å²) >= 11 is 0. The van der Waals surface area contributed by atoms with Crippen molar-refractivity contribution in [3.8, 4) is 0 Å². The molecule has 2 N–H and O–H groups in total. The van der Waals surface area contributed by atoms with Crippen LogP contribution in [0.15, 0.2) is 36.4 Å². The predicted octanol–water partition coefficient (Wildman–Crippen LogP) is 2.88. The van der Waals surface area contributed by atoms with Crippen LogP contribution in [0, 0.1) is 30.3 Å². The molecule has 2 unspecified atom stereocenters. The molecule has 1 saturated heterocycles. The number of anilines is 1. The molecule has 1 heterocycles. The molecule has 0 aliphatic carbocycles. The minimum Gasteiger partial charge on any atom is -0.355 e. The van der Waals surface area contributed by atoms with E-state index in [1.807, 2.05) is 31.2 Å². The molecule has 1 fully saturated rings. The van der Waals surface area contributed by atoms with Crippen LogP contribution < -0.4 is 10.6 Å². The van der Waals surface area contributed by atoms with Gasteiger partial charge in [-0.3, -0.25) is 9.59 Å². The first-order chi connectivity index (χ1) is 11.9. The molecule has 0 radical (unpaired) electrons. The molecule has 0 aromatic heterocycles. The second-order valence-corrected chi connectivity index (χ2v) is 5.95. The second-order valence-electron chi connectivity index (χ2n) is 5.95. The Balaban J connectivity index is 1.85. The van der Waals surface area contributed by atoms with E-state index in [1.165, 1.54) is 0 Å². The van der Waals surface area contributed by atoms with Gasteiger partial charge in [-0.1, -0.05) is 29.8 Å². The third-order valence-electron chi connectivity index (χ3n) is 4.26. The van der Waals surface area contributed by atoms with Crippen LogP contribution in [-0.4, -0.2) is 18.4 Å². The van der Waals surface area contributed by atoms with E-state index in [2.05, 4.69) is 10.6 Å². The summed E-state index contributed by atoms with van der Waals surface area (Å²) in [6.45, 7) is 2.18. The average molecular weight is 348 g/mol. The fourth-order valence-corrected chi connectivity index (χ4v) is 2.88. The van der Waals surface area contributed by atoms with Crippen molar-refractivity contribution in [1.82, 2.24) is 5.32 Å². The number of benzene rings is 2. The molecule has 3 rings (SSSR count). The van der Waals surface area contributed by atoms with Crippen LogP contribution in [0.4, 0.5) is 18.9 Å². The van der Waals surface area contributed by atoms with Gasteiger partial charge in [0, 0.05) is 12.5 Å². The fraction of sp³-hybridized carbons (Fsp3) is 0.222. The van der Waals surface area contributed by atoms with Crippen molar-refractivity contribution in [2.24, 2.45) is 5.92 Å². The zero-order chi connectivity index (χ0) is 18.1. The number of aryl methyl sites for hydroxylation is 1. The predicted molar refractivity (Wildman–Crippen MR) is 85.4 cm³/mol. The van der Waals surface area contributed by atoms with E-state index < -0.39 is 46.8 Å². The van der Waals surface area contributed by atoms with Crippen molar-refractivity contribution < 1.29 is 22.8 Å². The highest BCUT2D eigenvalue weighted by Gasteiger charge is 2.41. The van der Waals surface area contributed by atoms with Crippen LogP contribution in [0.25, 0.3) is 0 Å². The minimum absolute atomic E-state index is 0.264. The minimum atomic E-state index is -1.68. The van der Waals surface area contributed by atoms with Gasteiger partial charge < -0.3 is 10.6 Å². The summed E-state index contributed by atoms with van der Waals surface area (Å²) in [6, 6.07) is 8.99. The first kappa shape index (κ1) is 17.0. The van der Waals surface area contributed by atoms with Crippen molar-refractivity contribution in [2.75, 3.05) is 11.9 Å². The first-order valence-electron chi connectivity index (χ1n) is 7.67. The fourth-order valence-electron chi connectivity index (χ4n) is 2.88. The highest BCUT2D eigenvalue weighted by atomic mass is 19.2. The zero-order valence-electron chi connectivity index (χ0n) is 13.3. The topological polar surface area (TPSA) is 58.2 Å². The molecule has 4 nitrogen and oxygen atoms in total. The Kier molecular flexibility index (Phi) is 4.48. The number of carbonyl (C=O) groups is 2. The zero-order valence-corrected chi connectivity index (χ0v) is 13.3. The van der Waals surface area contributed by atoms with Crippen molar-refractivity contribution in [3.05, 3.63) is 65.0 Å². The molecule has 2 aromatic rings. The number of carbonyl (C=O) groups excluding carboxylic acids is 2. The Morgan fingerprint density at radius 2 is 1.76 bits per heavy atom. The van der Waals surface area contributed by atoms with Gasteiger partial charge in [-0.25, -0.2) is 13.2 Å². The van der Waals surface area contributed by atoms with Crippen LogP contribution in [0.1, 0.15) is 17.0 Å². The van der Waals surface area contributed by atoms with E-state index in [1.54, 1.807) is 0 Å². The molecule has 25 heavy (non-hydrogen) atoms. The standard InChI is InChI=1S/C18H15F3N2O2/c1-9-2-4-10(5-3-9)11-8-22-17(24)14(11)18(25)23-13-7-6-12(19)15(20)16(13)21/h2-7,11,14H,8H2,1H3,(H,22,24)(H,23,25). The summed E-state index contributed by atoms with van der Waals surface area (Å²) in [6.07, 6.45) is 0. The number of amides is 2. The Bertz CT molecular complexity index is 837. The summed E-state index contributed by atoms with van der Waals surface area (Å²) in [5.74, 6) is -7.32. The summed E-state index contributed by atoms with van der Waals surface area (Å²) < 4.78 is 40.0. The third-order valence-corrected chi connectivity index (χ3v) is 4.26. The van der Waals surface area contributed by atoms with Gasteiger partial charge in [0.05, 0.1) is 5.69 Å². The molecule has 0 bridgehead atoms. The van der Waals surface area contributed by atoms with Gasteiger partial charge in [0.25, 0.3) is 0 Å². The molecule has 1 aliphatic heterocycles. The number of hydrogen-bond acceptors (Lipinski definition) is 2. The Morgan fingerprint density at radius 3 is 2.44 bits per heavy atom. The lowest BCUT2D eigenvalue weighted by Crippen LogP contribution is -2.32. The van der Waals surface area contributed by atoms with Crippen LogP contribution in [0.2, 0.25) is 0 Å². The van der Waals surface area contributed by atoms with Gasteiger partial charge in [-0.2, -0.15) is 0 Å². The lowest BCUT2D eigenvalue weighted by Gasteiger charge is -2.17. The molecular weight excluding hydrogens is 333 g/mol. The molecular formula is C18H15F3N2O2. The largest absolute Gasteiger partial charge is 0.355 e. The Hall–Kier alpha value is -2.83. The SMILES string of the molecule is Cc1ccc(C2CNC(=O)C2C(=O)Nc2ccc(F)c(F)c2F)cc1. The molecule has 2 amide bonds. The van der Waals surface area contributed by atoms with Gasteiger partial charge in [0.1, 0.15) is 5.92 Å². The van der Waals surface area contributed by atoms with Crippen molar-refractivity contribution in [3.63, 3.8) is 0 Å². The number of nitrogens with one attached hydrogen (secondary N) is 2. The summed E-state index contributed by atoms with van der Waals surface area (Å²) in [5.41, 5.74) is 1.31. The number of hydrogen-bond donors (Lipinski definition) is 2. The smallest absolute Gasteiger partial charge is 0.237 e. The maximum atomic E-state index is 13.7. The Morgan fingerprint density at radius 1 is 1.08 bits per heavy atom. The van der Waals surface area contributed by atoms with Gasteiger partial charge in [0.15, 0.2) is 17.5 Å². The first-order valence-corrected chi connectivity index (χ1v) is 7.67. The molecule has 1 aliphatic rings. The second kappa shape index (κ2) is 6.58. The summed E-state index contributed by atoms with van der Waals surface area (Å²) in [4.78, 5) is 24.5. The van der Waals surface area contributed by atoms with E-state index in [9.17, 15) is 22.8 Å². The highest BCUT2D eigenvalue weighted by Crippen LogP contribution is 2.31. The van der Waals surface area contributed by atoms with Gasteiger partial charge >= 0.3 is 0 Å². The molecule has 0 saturated carbocycles. The number of halogens is 3. The van der Waals surface area contributed by atoms with Crippen molar-refractivity contribution in [2.45, 2.75) is 12.8 Å². The molecule has 130 valence electrons. The summed E-state index contributed by atoms with van der Waals surface area (Å²) in [5, 5.41) is 4.79. The van der Waals surface area contributed by atoms with Gasteiger partial charge in [-0.05, 0) is 24.6 Å². The van der Waals surface area contributed by atoms with E-state index in [0.717, 1.165) is 17.2 Å². The van der Waals surface area contributed by atoms with E-state index >= 15 is 0 Å². The third kappa shape index (κ3) is 3.22. The molecule has 2 aromatic carbocycles.